The van der Waals surface area contributed by atoms with Gasteiger partial charge in [-0.05, 0) is 49.9 Å². The van der Waals surface area contributed by atoms with Crippen molar-refractivity contribution in [2.24, 2.45) is 5.92 Å². The maximum Gasteiger partial charge on any atom is 0.418 e. The predicted octanol–water partition coefficient (Wildman–Crippen LogP) is 5.13. The van der Waals surface area contributed by atoms with Gasteiger partial charge in [0.2, 0.25) is 0 Å². The molecule has 5 rings (SSSR count). The van der Waals surface area contributed by atoms with Crippen LogP contribution in [0.2, 0.25) is 5.02 Å². The van der Waals surface area contributed by atoms with Gasteiger partial charge in [0.25, 0.3) is 0 Å². The minimum atomic E-state index is -4.62. The highest BCUT2D eigenvalue weighted by Gasteiger charge is 2.36. The molecule has 1 aliphatic rings. The molecule has 4 aromatic rings. The van der Waals surface area contributed by atoms with Gasteiger partial charge >= 0.3 is 6.18 Å². The lowest BCUT2D eigenvalue weighted by Crippen LogP contribution is -2.32. The van der Waals surface area contributed by atoms with Crippen LogP contribution >= 0.6 is 11.6 Å². The highest BCUT2D eigenvalue weighted by molar-refractivity contribution is 6.31. The zero-order chi connectivity index (χ0) is 24.7. The van der Waals surface area contributed by atoms with Gasteiger partial charge in [-0.15, -0.1) is 0 Å². The molecular formula is C23H18ClF3N8. The van der Waals surface area contributed by atoms with E-state index < -0.39 is 17.8 Å². The second-order valence-electron chi connectivity index (χ2n) is 8.36. The van der Waals surface area contributed by atoms with Gasteiger partial charge in [-0.2, -0.15) is 28.2 Å². The summed E-state index contributed by atoms with van der Waals surface area (Å²) in [6.07, 6.45) is 1.38. The zero-order valence-corrected chi connectivity index (χ0v) is 19.2. The van der Waals surface area contributed by atoms with Crippen LogP contribution in [-0.4, -0.2) is 36.3 Å². The summed E-state index contributed by atoms with van der Waals surface area (Å²) < 4.78 is 42.8. The number of alkyl halides is 3. The molecular weight excluding hydrogens is 481 g/mol. The number of hydrogen-bond donors (Lipinski definition) is 0. The van der Waals surface area contributed by atoms with E-state index in [1.807, 2.05) is 17.9 Å². The van der Waals surface area contributed by atoms with E-state index in [0.717, 1.165) is 25.2 Å². The molecule has 8 nitrogen and oxygen atoms in total. The summed E-state index contributed by atoms with van der Waals surface area (Å²) in [6, 6.07) is 7.21. The average molecular weight is 499 g/mol. The smallest absolute Gasteiger partial charge is 0.346 e. The lowest BCUT2D eigenvalue weighted by molar-refractivity contribution is -0.136. The van der Waals surface area contributed by atoms with Crippen molar-refractivity contribution < 1.29 is 13.2 Å². The molecule has 1 saturated carbocycles. The van der Waals surface area contributed by atoms with E-state index in [1.165, 1.54) is 18.6 Å². The first-order chi connectivity index (χ1) is 16.8. The van der Waals surface area contributed by atoms with Crippen LogP contribution in [0.1, 0.15) is 42.8 Å². The molecule has 0 aliphatic heterocycles. The molecule has 0 radical (unpaired) electrons. The van der Waals surface area contributed by atoms with Gasteiger partial charge in [-0.3, -0.25) is 0 Å². The first-order valence-electron chi connectivity index (χ1n) is 10.8. The molecule has 12 heteroatoms. The van der Waals surface area contributed by atoms with Gasteiger partial charge in [0.05, 0.1) is 22.7 Å². The Hall–Kier alpha value is -3.78. The standard InChI is InChI=1S/C23H18ClF3N8/c1-13(21-32-12-33-35(21)19-5-4-15(8-28)9-29-19)34(10-14-2-3-14)22-17-6-16(24)7-18(23(25,26)27)20(17)30-11-31-22/h4-7,9,11-14H,2-3,10H2,1H3/t13-/m0/s1. The van der Waals surface area contributed by atoms with Crippen LogP contribution in [0.15, 0.2) is 43.1 Å². The fourth-order valence-electron chi connectivity index (χ4n) is 4.00. The molecule has 1 aliphatic carbocycles. The number of anilines is 1. The molecule has 0 N–H and O–H groups in total. The van der Waals surface area contributed by atoms with Crippen molar-refractivity contribution in [2.45, 2.75) is 32.0 Å². The lowest BCUT2D eigenvalue weighted by Gasteiger charge is -2.31. The van der Waals surface area contributed by atoms with Gasteiger partial charge in [0, 0.05) is 23.2 Å². The number of benzene rings is 1. The van der Waals surface area contributed by atoms with Gasteiger partial charge in [0.15, 0.2) is 11.6 Å². The molecule has 1 fully saturated rings. The molecule has 3 aromatic heterocycles. The maximum atomic E-state index is 13.7. The third-order valence-electron chi connectivity index (χ3n) is 5.92. The van der Waals surface area contributed by atoms with E-state index in [-0.39, 0.29) is 15.9 Å². The van der Waals surface area contributed by atoms with E-state index in [1.54, 1.807) is 16.8 Å². The van der Waals surface area contributed by atoms with Gasteiger partial charge in [0.1, 0.15) is 24.5 Å². The van der Waals surface area contributed by atoms with Crippen LogP contribution in [0.4, 0.5) is 19.0 Å². The van der Waals surface area contributed by atoms with E-state index in [2.05, 4.69) is 25.0 Å². The van der Waals surface area contributed by atoms with Crippen molar-refractivity contribution in [3.8, 4) is 11.9 Å². The Balaban J connectivity index is 1.62. The number of aromatic nitrogens is 6. The molecule has 0 unspecified atom stereocenters. The summed E-state index contributed by atoms with van der Waals surface area (Å²) in [7, 11) is 0. The number of nitriles is 1. The van der Waals surface area contributed by atoms with E-state index in [9.17, 15) is 13.2 Å². The highest BCUT2D eigenvalue weighted by atomic mass is 35.5. The number of fused-ring (bicyclic) bond motifs is 1. The van der Waals surface area contributed by atoms with Crippen LogP contribution in [0.3, 0.4) is 0 Å². The Kier molecular flexibility index (Phi) is 5.76. The Labute approximate surface area is 203 Å². The van der Waals surface area contributed by atoms with E-state index in [0.29, 0.717) is 35.5 Å². The Morgan fingerprint density at radius 1 is 1.17 bits per heavy atom. The Morgan fingerprint density at radius 2 is 1.97 bits per heavy atom. The van der Waals surface area contributed by atoms with Gasteiger partial charge in [-0.25, -0.2) is 19.9 Å². The normalized spacial score (nSPS) is 14.6. The first-order valence-corrected chi connectivity index (χ1v) is 11.2. The van der Waals surface area contributed by atoms with Crippen LogP contribution in [-0.2, 0) is 6.18 Å². The summed E-state index contributed by atoms with van der Waals surface area (Å²) in [4.78, 5) is 19.0. The fraction of sp³-hybridized carbons (Fsp3) is 0.304. The number of rotatable bonds is 6. The third-order valence-corrected chi connectivity index (χ3v) is 6.14. The zero-order valence-electron chi connectivity index (χ0n) is 18.4. The van der Waals surface area contributed by atoms with Crippen molar-refractivity contribution in [1.29, 1.82) is 5.26 Å². The third kappa shape index (κ3) is 4.49. The molecule has 35 heavy (non-hydrogen) atoms. The number of pyridine rings is 1. The molecule has 3 heterocycles. The maximum absolute atomic E-state index is 13.7. The number of nitrogens with zero attached hydrogens (tertiary/aromatic N) is 8. The SMILES string of the molecule is C[C@@H](c1ncnn1-c1ccc(C#N)cn1)N(CC1CC1)c1ncnc2c(C(F)(F)F)cc(Cl)cc12. The minimum Gasteiger partial charge on any atom is -0.346 e. The summed E-state index contributed by atoms with van der Waals surface area (Å²) in [5.74, 6) is 1.70. The van der Waals surface area contributed by atoms with Crippen molar-refractivity contribution >= 4 is 28.3 Å². The van der Waals surface area contributed by atoms with Crippen LogP contribution in [0, 0.1) is 17.2 Å². The summed E-state index contributed by atoms with van der Waals surface area (Å²) in [6.45, 7) is 2.45. The van der Waals surface area contributed by atoms with Gasteiger partial charge < -0.3 is 4.90 Å². The second-order valence-corrected chi connectivity index (χ2v) is 8.80. The van der Waals surface area contributed by atoms with E-state index in [4.69, 9.17) is 16.9 Å². The monoisotopic (exact) mass is 498 g/mol. The second kappa shape index (κ2) is 8.78. The molecule has 178 valence electrons. The molecule has 0 bridgehead atoms. The molecule has 1 aromatic carbocycles. The summed E-state index contributed by atoms with van der Waals surface area (Å²) >= 11 is 6.10. The summed E-state index contributed by atoms with van der Waals surface area (Å²) in [5, 5.41) is 13.5. The van der Waals surface area contributed by atoms with Crippen LogP contribution in [0.25, 0.3) is 16.7 Å². The van der Waals surface area contributed by atoms with Crippen LogP contribution in [0.5, 0.6) is 0 Å². The van der Waals surface area contributed by atoms with Crippen molar-refractivity contribution in [2.75, 3.05) is 11.4 Å². The predicted molar refractivity (Wildman–Crippen MR) is 122 cm³/mol. The van der Waals surface area contributed by atoms with E-state index >= 15 is 0 Å². The topological polar surface area (TPSA) is 96.4 Å². The van der Waals surface area contributed by atoms with Gasteiger partial charge in [-0.1, -0.05) is 11.6 Å². The van der Waals surface area contributed by atoms with Crippen molar-refractivity contribution in [3.63, 3.8) is 0 Å². The Morgan fingerprint density at radius 3 is 2.63 bits per heavy atom. The number of halogens is 4. The quantitative estimate of drug-likeness (QED) is 0.363. The first kappa shape index (κ1) is 23.0. The minimum absolute atomic E-state index is 0.0511. The fourth-order valence-corrected chi connectivity index (χ4v) is 4.22. The van der Waals surface area contributed by atoms with Crippen molar-refractivity contribution in [3.05, 3.63) is 65.1 Å². The van der Waals surface area contributed by atoms with Crippen LogP contribution < -0.4 is 4.90 Å². The Bertz CT molecular complexity index is 1420. The largest absolute Gasteiger partial charge is 0.418 e. The molecule has 1 atom stereocenters. The number of hydrogen-bond acceptors (Lipinski definition) is 7. The lowest BCUT2D eigenvalue weighted by atomic mass is 10.1. The average Bonchev–Trinajstić information content (AvgIpc) is 3.53. The molecule has 0 spiro atoms. The molecule has 0 saturated heterocycles. The highest BCUT2D eigenvalue weighted by Crippen LogP contribution is 2.41. The summed E-state index contributed by atoms with van der Waals surface area (Å²) in [5.41, 5.74) is -0.716. The van der Waals surface area contributed by atoms with Crippen molar-refractivity contribution in [1.82, 2.24) is 29.7 Å². The molecule has 0 amide bonds.